The molecule has 2 aromatic rings. The summed E-state index contributed by atoms with van der Waals surface area (Å²) in [4.78, 5) is 15.2. The van der Waals surface area contributed by atoms with Crippen molar-refractivity contribution in [3.8, 4) is 6.07 Å². The average molecular weight is 317 g/mol. The number of hydrogen-bond acceptors (Lipinski definition) is 3. The number of thiophene rings is 1. The summed E-state index contributed by atoms with van der Waals surface area (Å²) in [5, 5.41) is 8.92. The molecular weight excluding hydrogens is 304 g/mol. The lowest BCUT2D eigenvalue weighted by atomic mass is 10.1. The molecule has 106 valence electrons. The normalized spacial score (nSPS) is 9.90. The summed E-state index contributed by atoms with van der Waals surface area (Å²) in [5.41, 5.74) is 0.970. The number of hydrogen-bond donors (Lipinski definition) is 0. The van der Waals surface area contributed by atoms with Crippen LogP contribution in [0, 0.1) is 11.3 Å². The number of amides is 1. The van der Waals surface area contributed by atoms with Gasteiger partial charge in [0.1, 0.15) is 0 Å². The lowest BCUT2D eigenvalue weighted by molar-refractivity contribution is 0.0764. The van der Waals surface area contributed by atoms with Crippen LogP contribution in [0.15, 0.2) is 49.1 Å². The zero-order valence-electron chi connectivity index (χ0n) is 11.3. The molecule has 0 bridgehead atoms. The smallest absolute Gasteiger partial charge is 0.254 e. The molecule has 0 saturated carbocycles. The summed E-state index contributed by atoms with van der Waals surface area (Å²) in [6.07, 6.45) is 1.68. The Labute approximate surface area is 132 Å². The van der Waals surface area contributed by atoms with Gasteiger partial charge in [0.15, 0.2) is 0 Å². The van der Waals surface area contributed by atoms with Crippen LogP contribution in [0.5, 0.6) is 0 Å². The Morgan fingerprint density at radius 3 is 2.86 bits per heavy atom. The quantitative estimate of drug-likeness (QED) is 0.779. The molecule has 1 heterocycles. The highest BCUT2D eigenvalue weighted by atomic mass is 35.5. The van der Waals surface area contributed by atoms with Gasteiger partial charge in [-0.3, -0.25) is 4.79 Å². The molecule has 1 aromatic heterocycles. The molecule has 0 unspecified atom stereocenters. The summed E-state index contributed by atoms with van der Waals surface area (Å²) in [6.45, 7) is 4.60. The highest BCUT2D eigenvalue weighted by Crippen LogP contribution is 2.23. The van der Waals surface area contributed by atoms with Gasteiger partial charge < -0.3 is 4.90 Å². The van der Waals surface area contributed by atoms with Crippen molar-refractivity contribution in [3.05, 3.63) is 69.4 Å². The van der Waals surface area contributed by atoms with E-state index in [2.05, 4.69) is 6.58 Å². The molecule has 0 N–H and O–H groups in total. The Kier molecular flexibility index (Phi) is 5.15. The SMILES string of the molecule is C=CCN(Cc1ccc(Cl)s1)C(=O)c1cccc(C#N)c1. The highest BCUT2D eigenvalue weighted by Gasteiger charge is 2.16. The molecule has 0 aliphatic carbocycles. The van der Waals surface area contributed by atoms with Crippen molar-refractivity contribution in [3.63, 3.8) is 0 Å². The third-order valence-electron chi connectivity index (χ3n) is 2.85. The number of nitriles is 1. The van der Waals surface area contributed by atoms with Crippen LogP contribution < -0.4 is 0 Å². The summed E-state index contributed by atoms with van der Waals surface area (Å²) >= 11 is 7.36. The average Bonchev–Trinajstić information content (AvgIpc) is 2.91. The molecule has 0 spiro atoms. The van der Waals surface area contributed by atoms with E-state index in [-0.39, 0.29) is 5.91 Å². The number of halogens is 1. The third-order valence-corrected chi connectivity index (χ3v) is 4.07. The molecule has 0 fully saturated rings. The fourth-order valence-electron chi connectivity index (χ4n) is 1.90. The van der Waals surface area contributed by atoms with Crippen LogP contribution in [0.3, 0.4) is 0 Å². The minimum absolute atomic E-state index is 0.128. The standard InChI is InChI=1S/C16H13ClN2OS/c1-2-8-19(11-14-6-7-15(17)21-14)16(20)13-5-3-4-12(9-13)10-18/h2-7,9H,1,8,11H2. The van der Waals surface area contributed by atoms with E-state index in [1.165, 1.54) is 11.3 Å². The highest BCUT2D eigenvalue weighted by molar-refractivity contribution is 7.16. The summed E-state index contributed by atoms with van der Waals surface area (Å²) in [5.74, 6) is -0.128. The Hall–Kier alpha value is -2.09. The molecule has 0 radical (unpaired) electrons. The third kappa shape index (κ3) is 3.94. The zero-order valence-corrected chi connectivity index (χ0v) is 12.8. The van der Waals surface area contributed by atoms with Gasteiger partial charge >= 0.3 is 0 Å². The Balaban J connectivity index is 2.22. The Morgan fingerprint density at radius 2 is 2.24 bits per heavy atom. The first-order chi connectivity index (χ1) is 10.1. The minimum atomic E-state index is -0.128. The van der Waals surface area contributed by atoms with Gasteiger partial charge in [-0.15, -0.1) is 17.9 Å². The van der Waals surface area contributed by atoms with Crippen molar-refractivity contribution in [1.82, 2.24) is 4.90 Å². The summed E-state index contributed by atoms with van der Waals surface area (Å²) < 4.78 is 0.697. The monoisotopic (exact) mass is 316 g/mol. The lowest BCUT2D eigenvalue weighted by Crippen LogP contribution is -2.30. The molecule has 5 heteroatoms. The first kappa shape index (κ1) is 15.3. The van der Waals surface area contributed by atoms with Crippen LogP contribution in [0.2, 0.25) is 4.34 Å². The van der Waals surface area contributed by atoms with Crippen molar-refractivity contribution in [2.45, 2.75) is 6.54 Å². The molecule has 1 aromatic carbocycles. The molecule has 2 rings (SSSR count). The van der Waals surface area contributed by atoms with Crippen LogP contribution >= 0.6 is 22.9 Å². The van der Waals surface area contributed by atoms with Gasteiger partial charge in [-0.05, 0) is 30.3 Å². The predicted molar refractivity (Wildman–Crippen MR) is 85.4 cm³/mol. The second kappa shape index (κ2) is 7.07. The van der Waals surface area contributed by atoms with Crippen molar-refractivity contribution in [1.29, 1.82) is 5.26 Å². The fraction of sp³-hybridized carbons (Fsp3) is 0.125. The molecule has 0 aliphatic heterocycles. The molecule has 1 amide bonds. The Morgan fingerprint density at radius 1 is 1.43 bits per heavy atom. The van der Waals surface area contributed by atoms with E-state index in [1.807, 2.05) is 18.2 Å². The number of rotatable bonds is 5. The van der Waals surface area contributed by atoms with E-state index in [4.69, 9.17) is 16.9 Å². The van der Waals surface area contributed by atoms with Crippen molar-refractivity contribution < 1.29 is 4.79 Å². The molecular formula is C16H13ClN2OS. The number of carbonyl (C=O) groups excluding carboxylic acids is 1. The molecule has 21 heavy (non-hydrogen) atoms. The lowest BCUT2D eigenvalue weighted by Gasteiger charge is -2.20. The second-order valence-electron chi connectivity index (χ2n) is 4.37. The number of benzene rings is 1. The van der Waals surface area contributed by atoms with Gasteiger partial charge in [0.2, 0.25) is 0 Å². The maximum atomic E-state index is 12.6. The molecule has 0 saturated heterocycles. The van der Waals surface area contributed by atoms with Crippen LogP contribution in [0.25, 0.3) is 0 Å². The molecule has 3 nitrogen and oxygen atoms in total. The van der Waals surface area contributed by atoms with Gasteiger partial charge in [0, 0.05) is 17.0 Å². The molecule has 0 atom stereocenters. The van der Waals surface area contributed by atoms with E-state index in [1.54, 1.807) is 35.2 Å². The summed E-state index contributed by atoms with van der Waals surface area (Å²) in [7, 11) is 0. The van der Waals surface area contributed by atoms with Gasteiger partial charge in [0.05, 0.1) is 22.5 Å². The first-order valence-electron chi connectivity index (χ1n) is 6.28. The van der Waals surface area contributed by atoms with Crippen LogP contribution in [0.1, 0.15) is 20.8 Å². The largest absolute Gasteiger partial charge is 0.330 e. The zero-order chi connectivity index (χ0) is 15.2. The second-order valence-corrected chi connectivity index (χ2v) is 6.17. The number of nitrogens with zero attached hydrogens (tertiary/aromatic N) is 2. The maximum Gasteiger partial charge on any atom is 0.254 e. The molecule has 0 aliphatic rings. The van der Waals surface area contributed by atoms with Gasteiger partial charge in [-0.1, -0.05) is 23.7 Å². The van der Waals surface area contributed by atoms with E-state index in [9.17, 15) is 4.79 Å². The van der Waals surface area contributed by atoms with Crippen molar-refractivity contribution in [2.75, 3.05) is 6.54 Å². The first-order valence-corrected chi connectivity index (χ1v) is 7.48. The van der Waals surface area contributed by atoms with Crippen LogP contribution in [-0.4, -0.2) is 17.4 Å². The Bertz CT molecular complexity index is 702. The van der Waals surface area contributed by atoms with Crippen LogP contribution in [-0.2, 0) is 6.54 Å². The predicted octanol–water partition coefficient (Wildman–Crippen LogP) is 4.10. The van der Waals surface area contributed by atoms with Gasteiger partial charge in [-0.2, -0.15) is 5.26 Å². The van der Waals surface area contributed by atoms with Gasteiger partial charge in [-0.25, -0.2) is 0 Å². The maximum absolute atomic E-state index is 12.6. The van der Waals surface area contributed by atoms with E-state index >= 15 is 0 Å². The van der Waals surface area contributed by atoms with Crippen molar-refractivity contribution >= 4 is 28.8 Å². The van der Waals surface area contributed by atoms with E-state index in [0.29, 0.717) is 28.6 Å². The summed E-state index contributed by atoms with van der Waals surface area (Å²) in [6, 6.07) is 12.4. The number of carbonyl (C=O) groups is 1. The topological polar surface area (TPSA) is 44.1 Å². The van der Waals surface area contributed by atoms with Crippen LogP contribution in [0.4, 0.5) is 0 Å². The fourth-order valence-corrected chi connectivity index (χ4v) is 3.01. The van der Waals surface area contributed by atoms with Gasteiger partial charge in [0.25, 0.3) is 5.91 Å². The minimum Gasteiger partial charge on any atom is -0.330 e. The van der Waals surface area contributed by atoms with E-state index < -0.39 is 0 Å². The van der Waals surface area contributed by atoms with Crippen molar-refractivity contribution in [2.24, 2.45) is 0 Å². The van der Waals surface area contributed by atoms with E-state index in [0.717, 1.165) is 4.88 Å².